The summed E-state index contributed by atoms with van der Waals surface area (Å²) in [6, 6.07) is 8.85. The monoisotopic (exact) mass is 333 g/mol. The van der Waals surface area contributed by atoms with E-state index in [1.165, 1.54) is 6.07 Å². The van der Waals surface area contributed by atoms with E-state index in [0.717, 1.165) is 17.1 Å². The van der Waals surface area contributed by atoms with E-state index < -0.39 is 0 Å². The predicted molar refractivity (Wildman–Crippen MR) is 92.3 cm³/mol. The lowest BCUT2D eigenvalue weighted by Gasteiger charge is -2.16. The summed E-state index contributed by atoms with van der Waals surface area (Å²) in [7, 11) is 3.25. The van der Waals surface area contributed by atoms with E-state index in [1.54, 1.807) is 26.3 Å². The van der Waals surface area contributed by atoms with Crippen LogP contribution in [0.4, 0.5) is 4.39 Å². The molecular formula is C18H24FN3O2. The van der Waals surface area contributed by atoms with Crippen LogP contribution in [0.5, 0.6) is 0 Å². The number of hydrogen-bond donors (Lipinski definition) is 2. The van der Waals surface area contributed by atoms with Gasteiger partial charge in [0.25, 0.3) is 0 Å². The number of nitrogens with one attached hydrogen (secondary N) is 2. The van der Waals surface area contributed by atoms with Crippen LogP contribution in [0.1, 0.15) is 35.6 Å². The Morgan fingerprint density at radius 2 is 2.12 bits per heavy atom. The lowest BCUT2D eigenvalue weighted by Crippen LogP contribution is -2.38. The second-order valence-electron chi connectivity index (χ2n) is 5.60. The molecule has 0 spiro atoms. The first-order chi connectivity index (χ1) is 11.5. The van der Waals surface area contributed by atoms with Crippen molar-refractivity contribution in [3.8, 4) is 0 Å². The van der Waals surface area contributed by atoms with Crippen molar-refractivity contribution in [2.75, 3.05) is 14.2 Å². The Labute approximate surface area is 141 Å². The Kier molecular flexibility index (Phi) is 6.37. The zero-order valence-electron chi connectivity index (χ0n) is 14.5. The van der Waals surface area contributed by atoms with E-state index in [-0.39, 0.29) is 18.5 Å². The first-order valence-electron chi connectivity index (χ1n) is 7.83. The maximum atomic E-state index is 13.6. The molecule has 0 aliphatic rings. The van der Waals surface area contributed by atoms with Crippen LogP contribution in [0.15, 0.2) is 39.7 Å². The fourth-order valence-electron chi connectivity index (χ4n) is 2.35. The highest BCUT2D eigenvalue weighted by Crippen LogP contribution is 2.15. The molecule has 2 rings (SSSR count). The lowest BCUT2D eigenvalue weighted by atomic mass is 10.1. The molecule has 6 heteroatoms. The van der Waals surface area contributed by atoms with Crippen molar-refractivity contribution in [2.45, 2.75) is 33.0 Å². The molecule has 1 heterocycles. The number of aliphatic imine (C=N–C) groups is 1. The van der Waals surface area contributed by atoms with Crippen LogP contribution in [0.3, 0.4) is 0 Å². The Morgan fingerprint density at radius 3 is 2.75 bits per heavy atom. The van der Waals surface area contributed by atoms with Gasteiger partial charge in [0, 0.05) is 26.3 Å². The van der Waals surface area contributed by atoms with Gasteiger partial charge >= 0.3 is 0 Å². The molecule has 0 radical (unpaired) electrons. The van der Waals surface area contributed by atoms with Crippen LogP contribution in [-0.2, 0) is 17.9 Å². The van der Waals surface area contributed by atoms with Crippen molar-refractivity contribution in [3.63, 3.8) is 0 Å². The third-order valence-corrected chi connectivity index (χ3v) is 3.63. The average molecular weight is 333 g/mol. The number of nitrogens with zero attached hydrogens (tertiary/aromatic N) is 1. The molecule has 1 atom stereocenters. The molecular weight excluding hydrogens is 309 g/mol. The summed E-state index contributed by atoms with van der Waals surface area (Å²) in [5.74, 6) is 2.11. The molecule has 130 valence electrons. The Balaban J connectivity index is 1.95. The summed E-state index contributed by atoms with van der Waals surface area (Å²) in [5, 5.41) is 6.48. The Morgan fingerprint density at radius 1 is 1.33 bits per heavy atom. The molecule has 0 aliphatic carbocycles. The summed E-state index contributed by atoms with van der Waals surface area (Å²) in [4.78, 5) is 4.21. The second-order valence-corrected chi connectivity index (χ2v) is 5.60. The zero-order valence-corrected chi connectivity index (χ0v) is 14.5. The summed E-state index contributed by atoms with van der Waals surface area (Å²) >= 11 is 0. The van der Waals surface area contributed by atoms with Gasteiger partial charge in [0.15, 0.2) is 5.96 Å². The summed E-state index contributed by atoms with van der Waals surface area (Å²) in [6.45, 7) is 4.69. The highest BCUT2D eigenvalue weighted by atomic mass is 19.1. The molecule has 24 heavy (non-hydrogen) atoms. The van der Waals surface area contributed by atoms with Gasteiger partial charge in [0.1, 0.15) is 17.3 Å². The van der Waals surface area contributed by atoms with Crippen molar-refractivity contribution in [3.05, 3.63) is 58.8 Å². The summed E-state index contributed by atoms with van der Waals surface area (Å²) in [6.07, 6.45) is 0. The van der Waals surface area contributed by atoms with E-state index >= 15 is 0 Å². The fraction of sp³-hybridized carbons (Fsp3) is 0.389. The lowest BCUT2D eigenvalue weighted by molar-refractivity contribution is 0.181. The van der Waals surface area contributed by atoms with E-state index in [2.05, 4.69) is 15.6 Å². The first-order valence-corrected chi connectivity index (χ1v) is 7.83. The third kappa shape index (κ3) is 4.83. The smallest absolute Gasteiger partial charge is 0.191 e. The van der Waals surface area contributed by atoms with E-state index in [9.17, 15) is 4.39 Å². The Hall–Kier alpha value is -2.34. The zero-order chi connectivity index (χ0) is 17.5. The van der Waals surface area contributed by atoms with Crippen LogP contribution in [0, 0.1) is 12.7 Å². The maximum Gasteiger partial charge on any atom is 0.191 e. The van der Waals surface area contributed by atoms with Gasteiger partial charge in [-0.25, -0.2) is 4.39 Å². The summed E-state index contributed by atoms with van der Waals surface area (Å²) in [5.41, 5.74) is 1.49. The first kappa shape index (κ1) is 18.0. The second kappa shape index (κ2) is 8.49. The van der Waals surface area contributed by atoms with Crippen LogP contribution in [-0.4, -0.2) is 20.1 Å². The number of rotatable bonds is 6. The van der Waals surface area contributed by atoms with Crippen molar-refractivity contribution < 1.29 is 13.5 Å². The van der Waals surface area contributed by atoms with Crippen molar-refractivity contribution >= 4 is 5.96 Å². The molecule has 1 aromatic carbocycles. The van der Waals surface area contributed by atoms with Gasteiger partial charge < -0.3 is 19.8 Å². The largest absolute Gasteiger partial charge is 0.464 e. The van der Waals surface area contributed by atoms with Gasteiger partial charge in [-0.1, -0.05) is 6.07 Å². The number of benzene rings is 1. The van der Waals surface area contributed by atoms with E-state index in [1.807, 2.05) is 26.0 Å². The molecule has 0 saturated heterocycles. The third-order valence-electron chi connectivity index (χ3n) is 3.63. The Bertz CT molecular complexity index is 697. The van der Waals surface area contributed by atoms with Gasteiger partial charge in [-0.2, -0.15) is 0 Å². The normalized spacial score (nSPS) is 13.0. The van der Waals surface area contributed by atoms with Gasteiger partial charge in [-0.3, -0.25) is 4.99 Å². The van der Waals surface area contributed by atoms with Crippen molar-refractivity contribution in [1.29, 1.82) is 0 Å². The number of furan rings is 1. The number of guanidine groups is 1. The quantitative estimate of drug-likeness (QED) is 0.629. The number of hydrogen-bond acceptors (Lipinski definition) is 3. The molecule has 0 fully saturated rings. The standard InChI is InChI=1S/C18H24FN3O2/c1-12-5-8-17(24-12)13(2)22-18(20-3)21-10-14-6-7-16(19)15(9-14)11-23-4/h5-9,13H,10-11H2,1-4H3,(H2,20,21,22). The molecule has 2 N–H and O–H groups in total. The molecule has 0 saturated carbocycles. The van der Waals surface area contributed by atoms with Crippen LogP contribution in [0.2, 0.25) is 0 Å². The number of halogens is 1. The number of ether oxygens (including phenoxy) is 1. The fourth-order valence-corrected chi connectivity index (χ4v) is 2.35. The summed E-state index contributed by atoms with van der Waals surface area (Å²) < 4.78 is 24.3. The van der Waals surface area contributed by atoms with Gasteiger partial charge in [-0.05, 0) is 43.7 Å². The van der Waals surface area contributed by atoms with Gasteiger partial charge in [0.05, 0.1) is 12.6 Å². The molecule has 0 aliphatic heterocycles. The highest BCUT2D eigenvalue weighted by Gasteiger charge is 2.11. The topological polar surface area (TPSA) is 58.8 Å². The highest BCUT2D eigenvalue weighted by molar-refractivity contribution is 5.80. The SMILES string of the molecule is CN=C(NCc1ccc(F)c(COC)c1)NC(C)c1ccc(C)o1. The number of methoxy groups -OCH3 is 1. The predicted octanol–water partition coefficient (Wildman–Crippen LogP) is 3.30. The van der Waals surface area contributed by atoms with Crippen molar-refractivity contribution in [1.82, 2.24) is 10.6 Å². The minimum Gasteiger partial charge on any atom is -0.464 e. The van der Waals surface area contributed by atoms with E-state index in [0.29, 0.717) is 18.1 Å². The van der Waals surface area contributed by atoms with Gasteiger partial charge in [0.2, 0.25) is 0 Å². The van der Waals surface area contributed by atoms with Gasteiger partial charge in [-0.15, -0.1) is 0 Å². The van der Waals surface area contributed by atoms with E-state index in [4.69, 9.17) is 9.15 Å². The molecule has 1 aromatic heterocycles. The molecule has 1 unspecified atom stereocenters. The van der Waals surface area contributed by atoms with Crippen LogP contribution in [0.25, 0.3) is 0 Å². The minimum absolute atomic E-state index is 0.0119. The average Bonchev–Trinajstić information content (AvgIpc) is 3.00. The van der Waals surface area contributed by atoms with Crippen LogP contribution >= 0.6 is 0 Å². The van der Waals surface area contributed by atoms with Crippen molar-refractivity contribution in [2.24, 2.45) is 4.99 Å². The molecule has 0 bridgehead atoms. The maximum absolute atomic E-state index is 13.6. The molecule has 5 nitrogen and oxygen atoms in total. The number of aryl methyl sites for hydroxylation is 1. The van der Waals surface area contributed by atoms with Crippen LogP contribution < -0.4 is 10.6 Å². The molecule has 2 aromatic rings. The molecule has 0 amide bonds. The minimum atomic E-state index is -0.259.